The van der Waals surface area contributed by atoms with Crippen LogP contribution in [0.1, 0.15) is 38.5 Å². The second-order valence-electron chi connectivity index (χ2n) is 3.23. The smallest absolute Gasteiger partial charge is 0.147 e. The second-order valence-corrected chi connectivity index (χ2v) is 3.23. The molecule has 1 aliphatic carbocycles. The van der Waals surface area contributed by atoms with E-state index in [0.29, 0.717) is 12.3 Å². The van der Waals surface area contributed by atoms with Crippen LogP contribution in [0.5, 0.6) is 0 Å². The van der Waals surface area contributed by atoms with Gasteiger partial charge in [0, 0.05) is 6.42 Å². The molecule has 2 heteroatoms. The van der Waals surface area contributed by atoms with Crippen molar-refractivity contribution in [3.63, 3.8) is 0 Å². The van der Waals surface area contributed by atoms with Gasteiger partial charge in [-0.3, -0.25) is 4.79 Å². The Morgan fingerprint density at radius 2 is 2.09 bits per heavy atom. The quantitative estimate of drug-likeness (QED) is 0.619. The van der Waals surface area contributed by atoms with Crippen LogP contribution >= 0.6 is 0 Å². The molecule has 2 nitrogen and oxygen atoms in total. The summed E-state index contributed by atoms with van der Waals surface area (Å²) in [6.45, 7) is 0. The van der Waals surface area contributed by atoms with Crippen molar-refractivity contribution in [1.29, 1.82) is 5.26 Å². The molecule has 0 atom stereocenters. The lowest BCUT2D eigenvalue weighted by Crippen LogP contribution is -2.03. The van der Waals surface area contributed by atoms with Crippen molar-refractivity contribution in [2.45, 2.75) is 38.5 Å². The first-order chi connectivity index (χ1) is 5.33. The van der Waals surface area contributed by atoms with Crippen LogP contribution in [-0.2, 0) is 4.79 Å². The maximum atomic E-state index is 11.0. The van der Waals surface area contributed by atoms with Gasteiger partial charge in [0.1, 0.15) is 5.78 Å². The van der Waals surface area contributed by atoms with Gasteiger partial charge < -0.3 is 0 Å². The molecule has 0 aromatic heterocycles. The van der Waals surface area contributed by atoms with Crippen molar-refractivity contribution in [2.24, 2.45) is 5.92 Å². The number of carbonyl (C=O) groups is 1. The van der Waals surface area contributed by atoms with Crippen LogP contribution in [0.3, 0.4) is 0 Å². The first kappa shape index (κ1) is 8.26. The minimum absolute atomic E-state index is 0.108. The van der Waals surface area contributed by atoms with Gasteiger partial charge in [0.2, 0.25) is 0 Å². The first-order valence-electron chi connectivity index (χ1n) is 4.21. The SMILES string of the molecule is N#CCC(=O)CC1CCCC1. The van der Waals surface area contributed by atoms with Gasteiger partial charge >= 0.3 is 0 Å². The summed E-state index contributed by atoms with van der Waals surface area (Å²) in [5.41, 5.74) is 0. The zero-order chi connectivity index (χ0) is 8.10. The third-order valence-electron chi connectivity index (χ3n) is 2.27. The molecule has 0 spiro atoms. The van der Waals surface area contributed by atoms with Gasteiger partial charge in [0.25, 0.3) is 0 Å². The summed E-state index contributed by atoms with van der Waals surface area (Å²) < 4.78 is 0. The van der Waals surface area contributed by atoms with Crippen LogP contribution in [0.4, 0.5) is 0 Å². The summed E-state index contributed by atoms with van der Waals surface area (Å²) in [5, 5.41) is 8.24. The van der Waals surface area contributed by atoms with Crippen LogP contribution < -0.4 is 0 Å². The van der Waals surface area contributed by atoms with Crippen LogP contribution in [0.15, 0.2) is 0 Å². The molecule has 1 fully saturated rings. The summed E-state index contributed by atoms with van der Waals surface area (Å²) >= 11 is 0. The summed E-state index contributed by atoms with van der Waals surface area (Å²) in [6, 6.07) is 1.89. The van der Waals surface area contributed by atoms with Crippen molar-refractivity contribution in [3.05, 3.63) is 0 Å². The van der Waals surface area contributed by atoms with Gasteiger partial charge in [-0.1, -0.05) is 25.7 Å². The molecular formula is C9H13NO. The van der Waals surface area contributed by atoms with Gasteiger partial charge in [-0.2, -0.15) is 5.26 Å². The standard InChI is InChI=1S/C9H13NO/c10-6-5-9(11)7-8-3-1-2-4-8/h8H,1-5,7H2. The second kappa shape index (κ2) is 4.12. The van der Waals surface area contributed by atoms with Gasteiger partial charge in [-0.05, 0) is 5.92 Å². The Kier molecular flexibility index (Phi) is 3.10. The summed E-state index contributed by atoms with van der Waals surface area (Å²) in [7, 11) is 0. The number of Topliss-reactive ketones (excluding diaryl/α,β-unsaturated/α-hetero) is 1. The molecule has 0 saturated heterocycles. The summed E-state index contributed by atoms with van der Waals surface area (Å²) in [6.07, 6.45) is 5.67. The van der Waals surface area contributed by atoms with Crippen LogP contribution in [0, 0.1) is 17.2 Å². The van der Waals surface area contributed by atoms with Crippen molar-refractivity contribution in [2.75, 3.05) is 0 Å². The third-order valence-corrected chi connectivity index (χ3v) is 2.27. The van der Waals surface area contributed by atoms with Crippen molar-refractivity contribution < 1.29 is 4.79 Å². The van der Waals surface area contributed by atoms with E-state index in [1.165, 1.54) is 25.7 Å². The molecule has 11 heavy (non-hydrogen) atoms. The Hall–Kier alpha value is -0.840. The maximum absolute atomic E-state index is 11.0. The van der Waals surface area contributed by atoms with Crippen LogP contribution in [0.25, 0.3) is 0 Å². The molecule has 0 unspecified atom stereocenters. The lowest BCUT2D eigenvalue weighted by molar-refractivity contribution is -0.119. The molecule has 1 aliphatic rings. The van der Waals surface area contributed by atoms with Crippen molar-refractivity contribution >= 4 is 5.78 Å². The number of ketones is 1. The molecule has 0 radical (unpaired) electrons. The lowest BCUT2D eigenvalue weighted by Gasteiger charge is -2.04. The van der Waals surface area contributed by atoms with E-state index in [1.54, 1.807) is 0 Å². The molecule has 0 aromatic rings. The topological polar surface area (TPSA) is 40.9 Å². The highest BCUT2D eigenvalue weighted by molar-refractivity contribution is 5.80. The lowest BCUT2D eigenvalue weighted by atomic mass is 10.0. The highest BCUT2D eigenvalue weighted by Gasteiger charge is 2.17. The van der Waals surface area contributed by atoms with E-state index >= 15 is 0 Å². The van der Waals surface area contributed by atoms with Gasteiger partial charge in [0.15, 0.2) is 0 Å². The number of rotatable bonds is 3. The number of nitriles is 1. The first-order valence-corrected chi connectivity index (χ1v) is 4.21. The molecule has 0 aliphatic heterocycles. The van der Waals surface area contributed by atoms with Gasteiger partial charge in [-0.25, -0.2) is 0 Å². The number of hydrogen-bond donors (Lipinski definition) is 0. The van der Waals surface area contributed by atoms with E-state index in [2.05, 4.69) is 0 Å². The minimum Gasteiger partial charge on any atom is -0.299 e. The molecule has 0 heterocycles. The number of nitrogens with zero attached hydrogens (tertiary/aromatic N) is 1. The minimum atomic E-state index is 0.108. The zero-order valence-corrected chi connectivity index (χ0v) is 6.68. The fraction of sp³-hybridized carbons (Fsp3) is 0.778. The molecule has 1 rings (SSSR count). The predicted octanol–water partition coefficient (Wildman–Crippen LogP) is 2.05. The largest absolute Gasteiger partial charge is 0.299 e. The third kappa shape index (κ3) is 2.71. The van der Waals surface area contributed by atoms with Gasteiger partial charge in [-0.15, -0.1) is 0 Å². The molecule has 1 saturated carbocycles. The Balaban J connectivity index is 2.19. The maximum Gasteiger partial charge on any atom is 0.147 e. The molecule has 0 bridgehead atoms. The fourth-order valence-electron chi connectivity index (χ4n) is 1.70. The van der Waals surface area contributed by atoms with E-state index in [9.17, 15) is 4.79 Å². The average molecular weight is 151 g/mol. The van der Waals surface area contributed by atoms with E-state index in [0.717, 1.165) is 0 Å². The molecule has 0 N–H and O–H groups in total. The van der Waals surface area contributed by atoms with E-state index in [4.69, 9.17) is 5.26 Å². The van der Waals surface area contributed by atoms with E-state index in [1.807, 2.05) is 6.07 Å². The molecule has 0 aromatic carbocycles. The van der Waals surface area contributed by atoms with Crippen LogP contribution in [-0.4, -0.2) is 5.78 Å². The zero-order valence-electron chi connectivity index (χ0n) is 6.68. The summed E-state index contributed by atoms with van der Waals surface area (Å²) in [5.74, 6) is 0.718. The Labute approximate surface area is 67.2 Å². The molecule has 60 valence electrons. The summed E-state index contributed by atoms with van der Waals surface area (Å²) in [4.78, 5) is 11.0. The van der Waals surface area contributed by atoms with Crippen molar-refractivity contribution in [3.8, 4) is 6.07 Å². The Bertz CT molecular complexity index is 174. The van der Waals surface area contributed by atoms with Gasteiger partial charge in [0.05, 0.1) is 12.5 Å². The molecular weight excluding hydrogens is 138 g/mol. The Morgan fingerprint density at radius 1 is 1.45 bits per heavy atom. The fourth-order valence-corrected chi connectivity index (χ4v) is 1.70. The number of carbonyl (C=O) groups excluding carboxylic acids is 1. The number of hydrogen-bond acceptors (Lipinski definition) is 2. The monoisotopic (exact) mass is 151 g/mol. The highest BCUT2D eigenvalue weighted by Crippen LogP contribution is 2.27. The average Bonchev–Trinajstić information content (AvgIpc) is 2.40. The van der Waals surface area contributed by atoms with E-state index in [-0.39, 0.29) is 12.2 Å². The van der Waals surface area contributed by atoms with E-state index < -0.39 is 0 Å². The highest BCUT2D eigenvalue weighted by atomic mass is 16.1. The Morgan fingerprint density at radius 3 is 2.64 bits per heavy atom. The molecule has 0 amide bonds. The normalized spacial score (nSPS) is 18.1. The van der Waals surface area contributed by atoms with Crippen molar-refractivity contribution in [1.82, 2.24) is 0 Å². The predicted molar refractivity (Wildman–Crippen MR) is 41.8 cm³/mol. The van der Waals surface area contributed by atoms with Crippen LogP contribution in [0.2, 0.25) is 0 Å².